The van der Waals surface area contributed by atoms with E-state index in [9.17, 15) is 4.79 Å². The van der Waals surface area contributed by atoms with Crippen LogP contribution < -0.4 is 10.5 Å². The number of rotatable bonds is 3. The lowest BCUT2D eigenvalue weighted by molar-refractivity contribution is -0.132. The zero-order chi connectivity index (χ0) is 10.6. The second-order valence-electron chi connectivity index (χ2n) is 2.68. The van der Waals surface area contributed by atoms with Crippen molar-refractivity contribution < 1.29 is 14.6 Å². The van der Waals surface area contributed by atoms with E-state index in [1.807, 2.05) is 0 Å². The zero-order valence-corrected chi connectivity index (χ0v) is 7.73. The number of carbonyl (C=O) groups is 1. The maximum absolute atomic E-state index is 10.4. The topological polar surface area (TPSA) is 72.5 Å². The lowest BCUT2D eigenvalue weighted by atomic mass is 10.2. The predicted octanol–water partition coefficient (Wildman–Crippen LogP) is 1.08. The van der Waals surface area contributed by atoms with Crippen LogP contribution in [0.3, 0.4) is 0 Å². The summed E-state index contributed by atoms with van der Waals surface area (Å²) in [5, 5.41) is 8.53. The molecule has 0 atom stereocenters. The highest BCUT2D eigenvalue weighted by Gasteiger charge is 2.00. The molecule has 14 heavy (non-hydrogen) atoms. The molecule has 1 rings (SSSR count). The van der Waals surface area contributed by atoms with Crippen LogP contribution in [0, 0.1) is 0 Å². The highest BCUT2D eigenvalue weighted by molar-refractivity contribution is 5.90. The molecule has 0 aliphatic carbocycles. The lowest BCUT2D eigenvalue weighted by Gasteiger charge is -1.99. The van der Waals surface area contributed by atoms with Crippen molar-refractivity contribution in [3.05, 3.63) is 35.5 Å². The van der Waals surface area contributed by atoms with Crippen molar-refractivity contribution in [3.63, 3.8) is 0 Å². The van der Waals surface area contributed by atoms with Crippen molar-refractivity contribution in [3.8, 4) is 5.75 Å². The number of nitrogens with two attached hydrogens (primary N) is 1. The van der Waals surface area contributed by atoms with Crippen LogP contribution in [0.2, 0.25) is 0 Å². The third kappa shape index (κ3) is 2.52. The van der Waals surface area contributed by atoms with E-state index in [4.69, 9.17) is 15.6 Å². The Kier molecular flexibility index (Phi) is 3.12. The summed E-state index contributed by atoms with van der Waals surface area (Å²) in [6, 6.07) is 6.94. The largest absolute Gasteiger partial charge is 0.497 e. The van der Waals surface area contributed by atoms with E-state index in [2.05, 4.69) is 0 Å². The van der Waals surface area contributed by atoms with Crippen LogP contribution in [0.5, 0.6) is 5.75 Å². The SMILES string of the molecule is COc1ccc(/C=C(/N)C(=O)O)cc1. The van der Waals surface area contributed by atoms with Crippen molar-refractivity contribution in [1.29, 1.82) is 0 Å². The molecule has 4 heteroatoms. The van der Waals surface area contributed by atoms with Gasteiger partial charge in [0.05, 0.1) is 7.11 Å². The summed E-state index contributed by atoms with van der Waals surface area (Å²) in [7, 11) is 1.57. The Morgan fingerprint density at radius 2 is 2.00 bits per heavy atom. The fraction of sp³-hybridized carbons (Fsp3) is 0.100. The molecule has 0 saturated heterocycles. The minimum absolute atomic E-state index is 0.185. The maximum atomic E-state index is 10.4. The summed E-state index contributed by atoms with van der Waals surface area (Å²) in [5.41, 5.74) is 5.79. The first-order chi connectivity index (χ1) is 6.63. The summed E-state index contributed by atoms with van der Waals surface area (Å²) in [5.74, 6) is -0.406. The molecule has 0 heterocycles. The van der Waals surface area contributed by atoms with Crippen molar-refractivity contribution in [2.24, 2.45) is 5.73 Å². The molecule has 4 nitrogen and oxygen atoms in total. The molecule has 0 aliphatic heterocycles. The third-order valence-electron chi connectivity index (χ3n) is 1.68. The minimum Gasteiger partial charge on any atom is -0.497 e. The van der Waals surface area contributed by atoms with Gasteiger partial charge in [-0.1, -0.05) is 12.1 Å². The number of ether oxygens (including phenoxy) is 1. The number of hydrogen-bond donors (Lipinski definition) is 2. The van der Waals surface area contributed by atoms with Crippen LogP contribution in [-0.2, 0) is 4.79 Å². The minimum atomic E-state index is -1.12. The second-order valence-corrected chi connectivity index (χ2v) is 2.68. The quantitative estimate of drug-likeness (QED) is 0.704. The van der Waals surface area contributed by atoms with Gasteiger partial charge in [-0.15, -0.1) is 0 Å². The summed E-state index contributed by atoms with van der Waals surface area (Å²) in [4.78, 5) is 10.4. The van der Waals surface area contributed by atoms with Gasteiger partial charge < -0.3 is 15.6 Å². The average molecular weight is 193 g/mol. The van der Waals surface area contributed by atoms with E-state index in [0.717, 1.165) is 11.3 Å². The van der Waals surface area contributed by atoms with Gasteiger partial charge in [-0.25, -0.2) is 4.79 Å². The number of carboxylic acid groups (broad SMARTS) is 1. The molecule has 0 amide bonds. The van der Waals surface area contributed by atoms with E-state index in [-0.39, 0.29) is 5.70 Å². The molecule has 0 unspecified atom stereocenters. The molecule has 0 spiro atoms. The van der Waals surface area contributed by atoms with Crippen LogP contribution in [0.15, 0.2) is 30.0 Å². The Labute approximate surface area is 81.6 Å². The van der Waals surface area contributed by atoms with Gasteiger partial charge in [0.15, 0.2) is 0 Å². The number of benzene rings is 1. The Balaban J connectivity index is 2.88. The maximum Gasteiger partial charge on any atom is 0.351 e. The Morgan fingerprint density at radius 1 is 1.43 bits per heavy atom. The van der Waals surface area contributed by atoms with Gasteiger partial charge in [0, 0.05) is 0 Å². The zero-order valence-electron chi connectivity index (χ0n) is 7.73. The van der Waals surface area contributed by atoms with Gasteiger partial charge in [0.2, 0.25) is 0 Å². The van der Waals surface area contributed by atoms with Crippen LogP contribution in [0.1, 0.15) is 5.56 Å². The fourth-order valence-corrected chi connectivity index (χ4v) is 0.941. The summed E-state index contributed by atoms with van der Waals surface area (Å²) in [6.45, 7) is 0. The average Bonchev–Trinajstić information content (AvgIpc) is 2.19. The molecule has 3 N–H and O–H groups in total. The van der Waals surface area contributed by atoms with Crippen molar-refractivity contribution in [2.75, 3.05) is 7.11 Å². The molecule has 1 aromatic rings. The summed E-state index contributed by atoms with van der Waals surface area (Å²) < 4.78 is 4.95. The Morgan fingerprint density at radius 3 is 2.43 bits per heavy atom. The van der Waals surface area contributed by atoms with Crippen molar-refractivity contribution in [2.45, 2.75) is 0 Å². The van der Waals surface area contributed by atoms with Gasteiger partial charge in [-0.2, -0.15) is 0 Å². The van der Waals surface area contributed by atoms with E-state index in [1.165, 1.54) is 6.08 Å². The first kappa shape index (κ1) is 10.1. The highest BCUT2D eigenvalue weighted by atomic mass is 16.5. The highest BCUT2D eigenvalue weighted by Crippen LogP contribution is 2.12. The second kappa shape index (κ2) is 4.32. The molecule has 0 saturated carbocycles. The molecule has 0 radical (unpaired) electrons. The van der Waals surface area contributed by atoms with Gasteiger partial charge in [0.1, 0.15) is 11.4 Å². The van der Waals surface area contributed by atoms with Crippen molar-refractivity contribution >= 4 is 12.0 Å². The van der Waals surface area contributed by atoms with Gasteiger partial charge >= 0.3 is 5.97 Å². The molecular formula is C10H11NO3. The smallest absolute Gasteiger partial charge is 0.351 e. The molecule has 1 aromatic carbocycles. The van der Waals surface area contributed by atoms with Gasteiger partial charge in [-0.3, -0.25) is 0 Å². The molecular weight excluding hydrogens is 182 g/mol. The van der Waals surface area contributed by atoms with Gasteiger partial charge in [0.25, 0.3) is 0 Å². The number of aliphatic carboxylic acids is 1. The van der Waals surface area contributed by atoms with E-state index < -0.39 is 5.97 Å². The number of methoxy groups -OCH3 is 1. The normalized spacial score (nSPS) is 11.1. The van der Waals surface area contributed by atoms with E-state index in [1.54, 1.807) is 31.4 Å². The molecule has 0 bridgehead atoms. The summed E-state index contributed by atoms with van der Waals surface area (Å²) >= 11 is 0. The lowest BCUT2D eigenvalue weighted by Crippen LogP contribution is -2.09. The van der Waals surface area contributed by atoms with Crippen molar-refractivity contribution in [1.82, 2.24) is 0 Å². The van der Waals surface area contributed by atoms with Gasteiger partial charge in [-0.05, 0) is 23.8 Å². The molecule has 0 aromatic heterocycles. The fourth-order valence-electron chi connectivity index (χ4n) is 0.941. The Bertz CT molecular complexity index is 354. The third-order valence-corrected chi connectivity index (χ3v) is 1.68. The molecule has 74 valence electrons. The Hall–Kier alpha value is -1.97. The van der Waals surface area contributed by atoms with E-state index in [0.29, 0.717) is 0 Å². The monoisotopic (exact) mass is 193 g/mol. The standard InChI is InChI=1S/C10H11NO3/c1-14-8-4-2-7(3-5-8)6-9(11)10(12)13/h2-6H,11H2,1H3,(H,12,13)/b9-6+. The molecule has 0 fully saturated rings. The van der Waals surface area contributed by atoms with Crippen LogP contribution in [0.4, 0.5) is 0 Å². The van der Waals surface area contributed by atoms with Crippen LogP contribution in [-0.4, -0.2) is 18.2 Å². The number of hydrogen-bond acceptors (Lipinski definition) is 3. The van der Waals surface area contributed by atoms with Crippen LogP contribution >= 0.6 is 0 Å². The first-order valence-electron chi connectivity index (χ1n) is 3.98. The molecule has 0 aliphatic rings. The summed E-state index contributed by atoms with van der Waals surface area (Å²) in [6.07, 6.45) is 1.39. The van der Waals surface area contributed by atoms with Crippen LogP contribution in [0.25, 0.3) is 6.08 Å². The van der Waals surface area contributed by atoms with E-state index >= 15 is 0 Å². The first-order valence-corrected chi connectivity index (χ1v) is 3.98. The number of carboxylic acids is 1. The predicted molar refractivity (Wildman–Crippen MR) is 52.8 cm³/mol.